The minimum Gasteiger partial charge on any atom is -0.367 e. The summed E-state index contributed by atoms with van der Waals surface area (Å²) in [5.74, 6) is 8.14. The summed E-state index contributed by atoms with van der Waals surface area (Å²) in [7, 11) is 0. The van der Waals surface area contributed by atoms with Crippen molar-refractivity contribution in [1.82, 2.24) is 9.97 Å². The lowest BCUT2D eigenvalue weighted by Crippen LogP contribution is -2.39. The topological polar surface area (TPSA) is 75.9 Å². The van der Waals surface area contributed by atoms with E-state index in [0.717, 1.165) is 11.6 Å². The highest BCUT2D eigenvalue weighted by Crippen LogP contribution is 2.37. The van der Waals surface area contributed by atoms with E-state index in [1.54, 1.807) is 0 Å². The molecule has 0 saturated heterocycles. The van der Waals surface area contributed by atoms with E-state index in [1.807, 2.05) is 6.07 Å². The highest BCUT2D eigenvalue weighted by atomic mass is 15.3. The molecule has 4 N–H and O–H groups in total. The van der Waals surface area contributed by atoms with Crippen molar-refractivity contribution in [1.29, 1.82) is 0 Å². The van der Waals surface area contributed by atoms with E-state index in [4.69, 9.17) is 5.84 Å². The molecule has 1 heterocycles. The van der Waals surface area contributed by atoms with Gasteiger partial charge in [0, 0.05) is 18.0 Å². The minimum absolute atomic E-state index is 0.281. The summed E-state index contributed by atoms with van der Waals surface area (Å²) in [6.45, 7) is 8.83. The number of nitrogens with zero attached hydrogens (tertiary/aromatic N) is 2. The monoisotopic (exact) mass is 277 g/mol. The summed E-state index contributed by atoms with van der Waals surface area (Å²) < 4.78 is 0. The lowest BCUT2D eigenvalue weighted by molar-refractivity contribution is 0.216. The molecule has 0 radical (unpaired) electrons. The van der Waals surface area contributed by atoms with Crippen molar-refractivity contribution in [2.75, 3.05) is 10.7 Å². The SMILES string of the molecule is CC(C)c1nc(NN)cc(NC2CCCCC2(C)C)n1. The van der Waals surface area contributed by atoms with E-state index in [-0.39, 0.29) is 5.92 Å². The fourth-order valence-corrected chi connectivity index (χ4v) is 2.81. The van der Waals surface area contributed by atoms with Gasteiger partial charge in [-0.25, -0.2) is 15.8 Å². The van der Waals surface area contributed by atoms with Gasteiger partial charge in [0.1, 0.15) is 17.5 Å². The number of anilines is 2. The fraction of sp³-hybridized carbons (Fsp3) is 0.733. The summed E-state index contributed by atoms with van der Waals surface area (Å²) in [5, 5.41) is 3.59. The Morgan fingerprint density at radius 3 is 2.55 bits per heavy atom. The highest BCUT2D eigenvalue weighted by molar-refractivity contribution is 5.48. The molecule has 1 aliphatic rings. The predicted octanol–water partition coefficient (Wildman–Crippen LogP) is 3.27. The number of nitrogens with two attached hydrogens (primary N) is 1. The molecule has 1 aromatic heterocycles. The van der Waals surface area contributed by atoms with Crippen molar-refractivity contribution in [3.05, 3.63) is 11.9 Å². The third-order valence-electron chi connectivity index (χ3n) is 4.24. The molecule has 0 spiro atoms. The Kier molecular flexibility index (Phi) is 4.48. The number of rotatable bonds is 4. The number of aromatic nitrogens is 2. The standard InChI is InChI=1S/C15H27N5/c1-10(2)14-18-12(9-13(19-14)20-16)17-11-7-5-6-8-15(11,3)4/h9-11H,5-8,16H2,1-4H3,(H2,17,18,19,20). The Hall–Kier alpha value is -1.36. The van der Waals surface area contributed by atoms with Gasteiger partial charge >= 0.3 is 0 Å². The maximum Gasteiger partial charge on any atom is 0.145 e. The van der Waals surface area contributed by atoms with Crippen LogP contribution in [0.4, 0.5) is 11.6 Å². The number of hydrazine groups is 1. The summed E-state index contributed by atoms with van der Waals surface area (Å²) in [5.41, 5.74) is 2.93. The third-order valence-corrected chi connectivity index (χ3v) is 4.24. The second-order valence-electron chi connectivity index (χ2n) is 6.73. The Bertz CT molecular complexity index is 456. The predicted molar refractivity (Wildman–Crippen MR) is 83.6 cm³/mol. The minimum atomic E-state index is 0.281. The van der Waals surface area contributed by atoms with Crippen LogP contribution in [0.15, 0.2) is 6.07 Å². The molecule has 1 aliphatic carbocycles. The largest absolute Gasteiger partial charge is 0.367 e. The number of nitrogens with one attached hydrogen (secondary N) is 2. The molecule has 5 heteroatoms. The van der Waals surface area contributed by atoms with Gasteiger partial charge in [-0.3, -0.25) is 0 Å². The fourth-order valence-electron chi connectivity index (χ4n) is 2.81. The second kappa shape index (κ2) is 5.95. The zero-order valence-corrected chi connectivity index (χ0v) is 13.0. The van der Waals surface area contributed by atoms with Crippen molar-refractivity contribution in [3.8, 4) is 0 Å². The van der Waals surface area contributed by atoms with Gasteiger partial charge in [0.15, 0.2) is 0 Å². The summed E-state index contributed by atoms with van der Waals surface area (Å²) in [6.07, 6.45) is 5.06. The molecule has 112 valence electrons. The summed E-state index contributed by atoms with van der Waals surface area (Å²) in [6, 6.07) is 2.34. The maximum atomic E-state index is 5.51. The maximum absolute atomic E-state index is 5.51. The Morgan fingerprint density at radius 2 is 1.95 bits per heavy atom. The molecule has 0 aromatic carbocycles. The van der Waals surface area contributed by atoms with Crippen molar-refractivity contribution in [2.45, 2.75) is 65.3 Å². The van der Waals surface area contributed by atoms with Crippen LogP contribution in [0.3, 0.4) is 0 Å². The van der Waals surface area contributed by atoms with Crippen LogP contribution >= 0.6 is 0 Å². The van der Waals surface area contributed by atoms with E-state index in [0.29, 0.717) is 17.3 Å². The number of hydrogen-bond donors (Lipinski definition) is 3. The molecule has 2 rings (SSSR count). The zero-order valence-electron chi connectivity index (χ0n) is 13.0. The first-order valence-electron chi connectivity index (χ1n) is 7.54. The molecule has 1 fully saturated rings. The van der Waals surface area contributed by atoms with Crippen LogP contribution in [-0.2, 0) is 0 Å². The molecule has 0 amide bonds. The quantitative estimate of drug-likeness (QED) is 0.581. The van der Waals surface area contributed by atoms with E-state index >= 15 is 0 Å². The van der Waals surface area contributed by atoms with Crippen LogP contribution in [0, 0.1) is 5.41 Å². The van der Waals surface area contributed by atoms with Gasteiger partial charge in [0.2, 0.25) is 0 Å². The van der Waals surface area contributed by atoms with Crippen LogP contribution in [0.5, 0.6) is 0 Å². The lowest BCUT2D eigenvalue weighted by atomic mass is 9.73. The van der Waals surface area contributed by atoms with Gasteiger partial charge in [-0.05, 0) is 18.3 Å². The normalized spacial score (nSPS) is 21.8. The van der Waals surface area contributed by atoms with Crippen molar-refractivity contribution in [2.24, 2.45) is 11.3 Å². The third kappa shape index (κ3) is 3.39. The van der Waals surface area contributed by atoms with Gasteiger partial charge in [0.25, 0.3) is 0 Å². The van der Waals surface area contributed by atoms with Crippen LogP contribution in [0.1, 0.15) is 65.1 Å². The van der Waals surface area contributed by atoms with Crippen molar-refractivity contribution >= 4 is 11.6 Å². The van der Waals surface area contributed by atoms with Gasteiger partial charge in [0.05, 0.1) is 0 Å². The first-order valence-corrected chi connectivity index (χ1v) is 7.54. The summed E-state index contributed by atoms with van der Waals surface area (Å²) >= 11 is 0. The molecule has 1 atom stereocenters. The molecule has 20 heavy (non-hydrogen) atoms. The first-order chi connectivity index (χ1) is 9.42. The Morgan fingerprint density at radius 1 is 1.25 bits per heavy atom. The van der Waals surface area contributed by atoms with E-state index < -0.39 is 0 Å². The number of nitrogen functional groups attached to an aromatic ring is 1. The highest BCUT2D eigenvalue weighted by Gasteiger charge is 2.32. The smallest absolute Gasteiger partial charge is 0.145 e. The van der Waals surface area contributed by atoms with Gasteiger partial charge in [-0.1, -0.05) is 40.5 Å². The molecule has 5 nitrogen and oxygen atoms in total. The van der Waals surface area contributed by atoms with Crippen LogP contribution in [0.25, 0.3) is 0 Å². The molecular weight excluding hydrogens is 250 g/mol. The lowest BCUT2D eigenvalue weighted by Gasteiger charge is -2.39. The van der Waals surface area contributed by atoms with Gasteiger partial charge in [-0.2, -0.15) is 0 Å². The Labute approximate surface area is 121 Å². The Balaban J connectivity index is 2.21. The molecule has 1 unspecified atom stereocenters. The van der Waals surface area contributed by atoms with Crippen molar-refractivity contribution in [3.63, 3.8) is 0 Å². The van der Waals surface area contributed by atoms with Crippen molar-refractivity contribution < 1.29 is 0 Å². The molecular formula is C15H27N5. The molecule has 0 bridgehead atoms. The average Bonchev–Trinajstić information content (AvgIpc) is 2.40. The van der Waals surface area contributed by atoms with E-state index in [2.05, 4.69) is 48.4 Å². The van der Waals surface area contributed by atoms with Crippen LogP contribution in [0.2, 0.25) is 0 Å². The zero-order chi connectivity index (χ0) is 14.8. The van der Waals surface area contributed by atoms with Gasteiger partial charge in [-0.15, -0.1) is 0 Å². The number of hydrogen-bond acceptors (Lipinski definition) is 5. The molecule has 1 aromatic rings. The van der Waals surface area contributed by atoms with E-state index in [9.17, 15) is 0 Å². The first kappa shape index (κ1) is 15.0. The second-order valence-corrected chi connectivity index (χ2v) is 6.73. The van der Waals surface area contributed by atoms with Crippen LogP contribution in [-0.4, -0.2) is 16.0 Å². The summed E-state index contributed by atoms with van der Waals surface area (Å²) in [4.78, 5) is 9.02. The molecule has 0 aliphatic heterocycles. The molecule has 1 saturated carbocycles. The van der Waals surface area contributed by atoms with Gasteiger partial charge < -0.3 is 10.7 Å². The van der Waals surface area contributed by atoms with Crippen LogP contribution < -0.4 is 16.6 Å². The average molecular weight is 277 g/mol. The van der Waals surface area contributed by atoms with E-state index in [1.165, 1.54) is 25.7 Å².